The van der Waals surface area contributed by atoms with E-state index in [1.807, 2.05) is 0 Å². The summed E-state index contributed by atoms with van der Waals surface area (Å²) >= 11 is 4.75. The van der Waals surface area contributed by atoms with Crippen molar-refractivity contribution in [2.24, 2.45) is 0 Å². The molecule has 0 saturated carbocycles. The molecule has 2 N–H and O–H groups in total. The zero-order valence-corrected chi connectivity index (χ0v) is 10.4. The number of H-pyrrole nitrogens is 2. The predicted octanol–water partition coefficient (Wildman–Crippen LogP) is 3.04. The molecule has 3 nitrogen and oxygen atoms in total. The summed E-state index contributed by atoms with van der Waals surface area (Å²) in [7, 11) is 0. The van der Waals surface area contributed by atoms with E-state index >= 15 is 0 Å². The van der Waals surface area contributed by atoms with Gasteiger partial charge >= 0.3 is 6.18 Å². The van der Waals surface area contributed by atoms with Gasteiger partial charge in [0.15, 0.2) is 4.77 Å². The highest BCUT2D eigenvalue weighted by Gasteiger charge is 2.29. The Labute approximate surface area is 111 Å². The Balaban J connectivity index is 2.25. The minimum Gasteiger partial charge on any atom is -0.338 e. The minimum atomic E-state index is -4.35. The van der Waals surface area contributed by atoms with Crippen molar-refractivity contribution in [3.05, 3.63) is 62.3 Å². The van der Waals surface area contributed by atoms with Crippen molar-refractivity contribution in [3.63, 3.8) is 0 Å². The number of hydrogen-bond donors (Lipinski definition) is 2. The fourth-order valence-corrected chi connectivity index (χ4v) is 1.75. The minimum absolute atomic E-state index is 0.209. The average molecular weight is 286 g/mol. The third-order valence-electron chi connectivity index (χ3n) is 2.57. The highest BCUT2D eigenvalue weighted by molar-refractivity contribution is 7.71. The van der Waals surface area contributed by atoms with Crippen LogP contribution in [0.15, 0.2) is 35.3 Å². The maximum atomic E-state index is 12.4. The molecule has 0 unspecified atom stereocenters. The van der Waals surface area contributed by atoms with E-state index in [9.17, 15) is 18.0 Å². The van der Waals surface area contributed by atoms with Gasteiger partial charge in [0.05, 0.1) is 5.56 Å². The molecule has 19 heavy (non-hydrogen) atoms. The molecule has 0 bridgehead atoms. The van der Waals surface area contributed by atoms with Crippen LogP contribution in [0, 0.1) is 4.77 Å². The van der Waals surface area contributed by atoms with Crippen molar-refractivity contribution in [3.8, 4) is 0 Å². The van der Waals surface area contributed by atoms with Crippen LogP contribution in [0.2, 0.25) is 0 Å². The molecule has 2 rings (SSSR count). The normalized spacial score (nSPS) is 11.5. The van der Waals surface area contributed by atoms with E-state index < -0.39 is 11.7 Å². The number of alkyl halides is 3. The standard InChI is InChI=1S/C12H9F3N2OS/c13-12(14,15)9-3-1-7(2-4-9)5-8-6-16-11(19)17-10(8)18/h1-4,6H,5H2,(H2,16,17,18,19). The van der Waals surface area contributed by atoms with Gasteiger partial charge in [0.2, 0.25) is 0 Å². The molecule has 1 aromatic carbocycles. The lowest BCUT2D eigenvalue weighted by molar-refractivity contribution is -0.137. The van der Waals surface area contributed by atoms with Crippen LogP contribution in [-0.4, -0.2) is 9.97 Å². The first-order valence-electron chi connectivity index (χ1n) is 5.33. The molecule has 0 aliphatic carbocycles. The molecule has 1 aromatic heterocycles. The molecule has 1 heterocycles. The Morgan fingerprint density at radius 1 is 1.16 bits per heavy atom. The number of nitrogens with one attached hydrogen (secondary N) is 2. The van der Waals surface area contributed by atoms with Crippen molar-refractivity contribution in [2.75, 3.05) is 0 Å². The lowest BCUT2D eigenvalue weighted by Gasteiger charge is -2.07. The first kappa shape index (κ1) is 13.5. The molecular formula is C12H9F3N2OS. The second-order valence-electron chi connectivity index (χ2n) is 3.97. The van der Waals surface area contributed by atoms with E-state index in [1.54, 1.807) is 0 Å². The fourth-order valence-electron chi connectivity index (χ4n) is 1.60. The first-order chi connectivity index (χ1) is 8.86. The molecule has 7 heteroatoms. The molecule has 2 aromatic rings. The zero-order chi connectivity index (χ0) is 14.0. The van der Waals surface area contributed by atoms with Gasteiger partial charge in [0.1, 0.15) is 0 Å². The second kappa shape index (κ2) is 5.00. The summed E-state index contributed by atoms with van der Waals surface area (Å²) in [6.07, 6.45) is -2.66. The summed E-state index contributed by atoms with van der Waals surface area (Å²) in [5, 5.41) is 0. The Hall–Kier alpha value is -1.89. The highest BCUT2D eigenvalue weighted by Crippen LogP contribution is 2.29. The summed E-state index contributed by atoms with van der Waals surface area (Å²) in [4.78, 5) is 16.6. The summed E-state index contributed by atoms with van der Waals surface area (Å²) in [6.45, 7) is 0. The molecule has 0 fully saturated rings. The number of hydrogen-bond acceptors (Lipinski definition) is 2. The van der Waals surface area contributed by atoms with Gasteiger partial charge in [-0.2, -0.15) is 13.2 Å². The van der Waals surface area contributed by atoms with E-state index in [-0.39, 0.29) is 16.8 Å². The maximum Gasteiger partial charge on any atom is 0.416 e. The topological polar surface area (TPSA) is 48.6 Å². The second-order valence-corrected chi connectivity index (χ2v) is 4.38. The van der Waals surface area contributed by atoms with E-state index in [0.29, 0.717) is 11.1 Å². The van der Waals surface area contributed by atoms with Gasteiger partial charge in [0.25, 0.3) is 5.56 Å². The van der Waals surface area contributed by atoms with Crippen LogP contribution < -0.4 is 5.56 Å². The highest BCUT2D eigenvalue weighted by atomic mass is 32.1. The Bertz CT molecular complexity index is 686. The van der Waals surface area contributed by atoms with E-state index in [0.717, 1.165) is 12.1 Å². The maximum absolute atomic E-state index is 12.4. The quantitative estimate of drug-likeness (QED) is 0.834. The first-order valence-corrected chi connectivity index (χ1v) is 5.74. The van der Waals surface area contributed by atoms with Crippen molar-refractivity contribution < 1.29 is 13.2 Å². The number of rotatable bonds is 2. The summed E-state index contributed by atoms with van der Waals surface area (Å²) in [5.74, 6) is 0. The molecule has 0 aliphatic heterocycles. The van der Waals surface area contributed by atoms with Crippen LogP contribution in [0.3, 0.4) is 0 Å². The molecule has 0 spiro atoms. The smallest absolute Gasteiger partial charge is 0.338 e. The van der Waals surface area contributed by atoms with Gasteiger partial charge in [-0.25, -0.2) is 0 Å². The van der Waals surface area contributed by atoms with Crippen molar-refractivity contribution in [2.45, 2.75) is 12.6 Å². The fraction of sp³-hybridized carbons (Fsp3) is 0.167. The summed E-state index contributed by atoms with van der Waals surface area (Å²) < 4.78 is 37.4. The third kappa shape index (κ3) is 3.31. The van der Waals surface area contributed by atoms with Gasteiger partial charge < -0.3 is 4.98 Å². The number of aromatic nitrogens is 2. The Morgan fingerprint density at radius 2 is 1.79 bits per heavy atom. The molecule has 100 valence electrons. The van der Waals surface area contributed by atoms with Gasteiger partial charge in [-0.15, -0.1) is 0 Å². The van der Waals surface area contributed by atoms with Crippen LogP contribution >= 0.6 is 12.2 Å². The molecule has 0 amide bonds. The Morgan fingerprint density at radius 3 is 2.32 bits per heavy atom. The summed E-state index contributed by atoms with van der Waals surface area (Å²) in [6, 6.07) is 4.69. The van der Waals surface area contributed by atoms with Gasteiger partial charge in [-0.05, 0) is 29.9 Å². The van der Waals surface area contributed by atoms with Gasteiger partial charge in [-0.1, -0.05) is 12.1 Å². The lowest BCUT2D eigenvalue weighted by Crippen LogP contribution is -2.13. The molecule has 0 radical (unpaired) electrons. The molecular weight excluding hydrogens is 277 g/mol. The number of halogens is 3. The number of aromatic amines is 2. The average Bonchev–Trinajstić information content (AvgIpc) is 2.32. The van der Waals surface area contributed by atoms with Gasteiger partial charge in [0, 0.05) is 18.2 Å². The predicted molar refractivity (Wildman–Crippen MR) is 66.5 cm³/mol. The third-order valence-corrected chi connectivity index (χ3v) is 2.79. The zero-order valence-electron chi connectivity index (χ0n) is 9.54. The monoisotopic (exact) mass is 286 g/mol. The summed E-state index contributed by atoms with van der Waals surface area (Å²) in [5.41, 5.74) is -0.0290. The van der Waals surface area contributed by atoms with Crippen LogP contribution in [0.5, 0.6) is 0 Å². The number of benzene rings is 1. The van der Waals surface area contributed by atoms with E-state index in [2.05, 4.69) is 9.97 Å². The van der Waals surface area contributed by atoms with Crippen LogP contribution in [0.25, 0.3) is 0 Å². The molecule has 0 aliphatic rings. The van der Waals surface area contributed by atoms with Crippen LogP contribution in [0.1, 0.15) is 16.7 Å². The van der Waals surface area contributed by atoms with Crippen molar-refractivity contribution in [1.82, 2.24) is 9.97 Å². The van der Waals surface area contributed by atoms with Gasteiger partial charge in [-0.3, -0.25) is 9.78 Å². The van der Waals surface area contributed by atoms with Crippen molar-refractivity contribution in [1.29, 1.82) is 0 Å². The molecule has 0 atom stereocenters. The van der Waals surface area contributed by atoms with E-state index in [1.165, 1.54) is 18.3 Å². The largest absolute Gasteiger partial charge is 0.416 e. The van der Waals surface area contributed by atoms with Crippen LogP contribution in [0.4, 0.5) is 13.2 Å². The van der Waals surface area contributed by atoms with Crippen LogP contribution in [-0.2, 0) is 12.6 Å². The lowest BCUT2D eigenvalue weighted by atomic mass is 10.1. The Kier molecular flexibility index (Phi) is 3.57. The SMILES string of the molecule is O=c1[nH]c(=S)[nH]cc1Cc1ccc(C(F)(F)F)cc1. The van der Waals surface area contributed by atoms with E-state index in [4.69, 9.17) is 12.2 Å². The van der Waals surface area contributed by atoms with Crippen molar-refractivity contribution >= 4 is 12.2 Å². The molecule has 0 saturated heterocycles.